The molecule has 2 aromatic rings. The molecule has 0 unspecified atom stereocenters. The van der Waals surface area contributed by atoms with E-state index in [2.05, 4.69) is 5.32 Å². The molecule has 1 saturated heterocycles. The van der Waals surface area contributed by atoms with Crippen molar-refractivity contribution in [3.05, 3.63) is 71.3 Å². The third-order valence-corrected chi connectivity index (χ3v) is 5.64. The SMILES string of the molecule is O=C(CC1(N2Cc3ccccc3C2=O)CCOCC1)NCc1ccccc1. The lowest BCUT2D eigenvalue weighted by Crippen LogP contribution is -2.54. The second-order valence-corrected chi connectivity index (χ2v) is 7.32. The van der Waals surface area contributed by atoms with Crippen LogP contribution in [0.3, 0.4) is 0 Å². The van der Waals surface area contributed by atoms with Crippen LogP contribution in [0.25, 0.3) is 0 Å². The van der Waals surface area contributed by atoms with Gasteiger partial charge in [0.25, 0.3) is 5.91 Å². The van der Waals surface area contributed by atoms with Crippen molar-refractivity contribution in [2.24, 2.45) is 0 Å². The fourth-order valence-electron chi connectivity index (χ4n) is 4.09. The van der Waals surface area contributed by atoms with E-state index in [4.69, 9.17) is 4.74 Å². The van der Waals surface area contributed by atoms with Crippen LogP contribution in [0.2, 0.25) is 0 Å². The second kappa shape index (κ2) is 7.53. The Morgan fingerprint density at radius 3 is 2.48 bits per heavy atom. The molecule has 2 aliphatic heterocycles. The molecule has 2 amide bonds. The summed E-state index contributed by atoms with van der Waals surface area (Å²) in [5.41, 5.74) is 2.39. The van der Waals surface area contributed by atoms with Gasteiger partial charge in [-0.25, -0.2) is 0 Å². The third-order valence-electron chi connectivity index (χ3n) is 5.64. The van der Waals surface area contributed by atoms with Gasteiger partial charge in [0.05, 0.1) is 12.0 Å². The van der Waals surface area contributed by atoms with Crippen LogP contribution in [-0.4, -0.2) is 35.5 Å². The zero-order valence-electron chi connectivity index (χ0n) is 15.3. The van der Waals surface area contributed by atoms with Crippen molar-refractivity contribution in [2.75, 3.05) is 13.2 Å². The van der Waals surface area contributed by atoms with E-state index in [1.54, 1.807) is 0 Å². The molecule has 2 aromatic carbocycles. The molecule has 2 heterocycles. The summed E-state index contributed by atoms with van der Waals surface area (Å²) in [4.78, 5) is 27.7. The molecular weight excluding hydrogens is 340 g/mol. The molecule has 0 spiro atoms. The normalized spacial score (nSPS) is 18.2. The minimum Gasteiger partial charge on any atom is -0.381 e. The van der Waals surface area contributed by atoms with Crippen LogP contribution in [0.15, 0.2) is 54.6 Å². The summed E-state index contributed by atoms with van der Waals surface area (Å²) in [5.74, 6) is 0.00729. The molecule has 0 aliphatic carbocycles. The maximum absolute atomic E-state index is 13.0. The first kappa shape index (κ1) is 17.7. The Morgan fingerprint density at radius 2 is 1.74 bits per heavy atom. The van der Waals surface area contributed by atoms with Crippen molar-refractivity contribution in [1.29, 1.82) is 0 Å². The third kappa shape index (κ3) is 3.60. The quantitative estimate of drug-likeness (QED) is 0.887. The summed E-state index contributed by atoms with van der Waals surface area (Å²) in [6.45, 7) is 2.22. The summed E-state index contributed by atoms with van der Waals surface area (Å²) < 4.78 is 5.54. The fourth-order valence-corrected chi connectivity index (χ4v) is 4.09. The molecule has 0 aromatic heterocycles. The maximum atomic E-state index is 13.0. The molecule has 0 radical (unpaired) electrons. The van der Waals surface area contributed by atoms with Gasteiger partial charge in [-0.2, -0.15) is 0 Å². The zero-order chi connectivity index (χ0) is 18.7. The summed E-state index contributed by atoms with van der Waals surface area (Å²) >= 11 is 0. The lowest BCUT2D eigenvalue weighted by Gasteiger charge is -2.44. The summed E-state index contributed by atoms with van der Waals surface area (Å²) in [5, 5.41) is 3.01. The number of fused-ring (bicyclic) bond motifs is 1. The summed E-state index contributed by atoms with van der Waals surface area (Å²) in [7, 11) is 0. The van der Waals surface area contributed by atoms with Crippen LogP contribution in [0.4, 0.5) is 0 Å². The molecule has 0 atom stereocenters. The number of ether oxygens (including phenoxy) is 1. The topological polar surface area (TPSA) is 58.6 Å². The van der Waals surface area contributed by atoms with Crippen LogP contribution >= 0.6 is 0 Å². The van der Waals surface area contributed by atoms with E-state index in [9.17, 15) is 9.59 Å². The molecular formula is C22H24N2O3. The highest BCUT2D eigenvalue weighted by Gasteiger charge is 2.45. The van der Waals surface area contributed by atoms with Gasteiger partial charge < -0.3 is 15.0 Å². The first-order valence-electron chi connectivity index (χ1n) is 9.46. The van der Waals surface area contributed by atoms with Gasteiger partial charge in [-0.05, 0) is 30.0 Å². The second-order valence-electron chi connectivity index (χ2n) is 7.32. The molecule has 5 nitrogen and oxygen atoms in total. The Hall–Kier alpha value is -2.66. The molecule has 1 N–H and O–H groups in total. The van der Waals surface area contributed by atoms with Crippen molar-refractivity contribution < 1.29 is 14.3 Å². The summed E-state index contributed by atoms with van der Waals surface area (Å²) in [6.07, 6.45) is 1.68. The van der Waals surface area contributed by atoms with Gasteiger partial charge in [0.1, 0.15) is 0 Å². The van der Waals surface area contributed by atoms with E-state index in [0.29, 0.717) is 45.6 Å². The van der Waals surface area contributed by atoms with Crippen LogP contribution in [0.1, 0.15) is 40.7 Å². The Balaban J connectivity index is 1.49. The number of carbonyl (C=O) groups is 2. The number of carbonyl (C=O) groups excluding carboxylic acids is 2. The molecule has 140 valence electrons. The van der Waals surface area contributed by atoms with E-state index in [-0.39, 0.29) is 11.8 Å². The average molecular weight is 364 g/mol. The van der Waals surface area contributed by atoms with Crippen molar-refractivity contribution in [3.8, 4) is 0 Å². The number of nitrogens with one attached hydrogen (secondary N) is 1. The highest BCUT2D eigenvalue weighted by atomic mass is 16.5. The van der Waals surface area contributed by atoms with Gasteiger partial charge in [0.15, 0.2) is 0 Å². The number of rotatable bonds is 5. The lowest BCUT2D eigenvalue weighted by molar-refractivity contribution is -0.126. The number of hydrogen-bond donors (Lipinski definition) is 1. The zero-order valence-corrected chi connectivity index (χ0v) is 15.3. The Kier molecular flexibility index (Phi) is 4.94. The van der Waals surface area contributed by atoms with E-state index < -0.39 is 5.54 Å². The molecule has 27 heavy (non-hydrogen) atoms. The van der Waals surface area contributed by atoms with Gasteiger partial charge in [-0.3, -0.25) is 9.59 Å². The number of hydrogen-bond acceptors (Lipinski definition) is 3. The maximum Gasteiger partial charge on any atom is 0.254 e. The van der Waals surface area contributed by atoms with Crippen molar-refractivity contribution >= 4 is 11.8 Å². The Labute approximate surface area is 159 Å². The predicted octanol–water partition coefficient (Wildman–Crippen LogP) is 2.90. The van der Waals surface area contributed by atoms with Crippen molar-refractivity contribution in [1.82, 2.24) is 10.2 Å². The van der Waals surface area contributed by atoms with Crippen LogP contribution in [0, 0.1) is 0 Å². The first-order valence-corrected chi connectivity index (χ1v) is 9.46. The minimum atomic E-state index is -0.477. The van der Waals surface area contributed by atoms with Crippen LogP contribution in [-0.2, 0) is 22.6 Å². The van der Waals surface area contributed by atoms with E-state index in [1.165, 1.54) is 0 Å². The van der Waals surface area contributed by atoms with Gasteiger partial charge in [0.2, 0.25) is 5.91 Å². The smallest absolute Gasteiger partial charge is 0.254 e. The Bertz CT molecular complexity index is 828. The molecule has 4 rings (SSSR count). The molecule has 0 saturated carbocycles. The average Bonchev–Trinajstić information content (AvgIpc) is 3.06. The predicted molar refractivity (Wildman–Crippen MR) is 102 cm³/mol. The first-order chi connectivity index (χ1) is 13.2. The largest absolute Gasteiger partial charge is 0.381 e. The van der Waals surface area contributed by atoms with E-state index >= 15 is 0 Å². The molecule has 5 heteroatoms. The molecule has 2 aliphatic rings. The number of amides is 2. The van der Waals surface area contributed by atoms with Crippen molar-refractivity contribution in [3.63, 3.8) is 0 Å². The van der Waals surface area contributed by atoms with E-state index in [0.717, 1.165) is 16.7 Å². The lowest BCUT2D eigenvalue weighted by atomic mass is 9.84. The van der Waals surface area contributed by atoms with Crippen LogP contribution in [0.5, 0.6) is 0 Å². The highest BCUT2D eigenvalue weighted by Crippen LogP contribution is 2.38. The minimum absolute atomic E-state index is 0.0236. The molecule has 1 fully saturated rings. The number of benzene rings is 2. The van der Waals surface area contributed by atoms with E-state index in [1.807, 2.05) is 59.5 Å². The Morgan fingerprint density at radius 1 is 1.04 bits per heavy atom. The highest BCUT2D eigenvalue weighted by molar-refractivity contribution is 5.99. The van der Waals surface area contributed by atoms with Gasteiger partial charge in [-0.1, -0.05) is 48.5 Å². The monoisotopic (exact) mass is 364 g/mol. The standard InChI is InChI=1S/C22H24N2O3/c25-20(23-15-17-6-2-1-3-7-17)14-22(10-12-27-13-11-22)24-16-18-8-4-5-9-19(18)21(24)26/h1-9H,10-16H2,(H,23,25). The van der Waals surface area contributed by atoms with Gasteiger partial charge in [-0.15, -0.1) is 0 Å². The fraction of sp³-hybridized carbons (Fsp3) is 0.364. The summed E-state index contributed by atoms with van der Waals surface area (Å²) in [6, 6.07) is 17.6. The van der Waals surface area contributed by atoms with Crippen LogP contribution < -0.4 is 5.32 Å². The van der Waals surface area contributed by atoms with Gasteiger partial charge in [0, 0.05) is 31.9 Å². The number of nitrogens with zero attached hydrogens (tertiary/aromatic N) is 1. The molecule has 0 bridgehead atoms. The van der Waals surface area contributed by atoms with Gasteiger partial charge >= 0.3 is 0 Å². The van der Waals surface area contributed by atoms with Crippen molar-refractivity contribution in [2.45, 2.75) is 37.9 Å².